The van der Waals surface area contributed by atoms with E-state index in [4.69, 9.17) is 4.74 Å². The lowest BCUT2D eigenvalue weighted by Crippen LogP contribution is -2.29. The maximum Gasteiger partial charge on any atom is 0.342 e. The van der Waals surface area contributed by atoms with Crippen LogP contribution in [0.2, 0.25) is 0 Å². The zero-order valence-electron chi connectivity index (χ0n) is 12.0. The van der Waals surface area contributed by atoms with Crippen LogP contribution in [0.25, 0.3) is 10.9 Å². The van der Waals surface area contributed by atoms with Gasteiger partial charge in [-0.3, -0.25) is 4.72 Å². The topological polar surface area (TPSA) is 91.5 Å². The highest BCUT2D eigenvalue weighted by Crippen LogP contribution is 2.27. The molecule has 0 aliphatic heterocycles. The highest BCUT2D eigenvalue weighted by Gasteiger charge is 2.23. The molecule has 1 heterocycles. The lowest BCUT2D eigenvalue weighted by molar-refractivity contribution is 0.0530. The Morgan fingerprint density at radius 1 is 1.33 bits per heavy atom. The van der Waals surface area contributed by atoms with Gasteiger partial charge in [0.1, 0.15) is 11.4 Å². The number of fused-ring (bicyclic) bond motifs is 1. The molecule has 0 atom stereocenters. The summed E-state index contributed by atoms with van der Waals surface area (Å²) in [5.74, 6) is -0.477. The van der Waals surface area contributed by atoms with Crippen molar-refractivity contribution in [3.8, 4) is 0 Å². The van der Waals surface area contributed by atoms with Crippen LogP contribution >= 0.6 is 0 Å². The minimum Gasteiger partial charge on any atom is -0.462 e. The van der Waals surface area contributed by atoms with E-state index >= 15 is 0 Å². The molecule has 1 aromatic carbocycles. The standard InChI is InChI=1S/C13H17N3O4S/c1-4-20-13(17)11-9-7-5-6-8-10(9)14-12(11)15-21(18,19)16(2)3/h5-8,14-15H,4H2,1-3H3. The fourth-order valence-corrected chi connectivity index (χ4v) is 2.45. The van der Waals surface area contributed by atoms with Crippen molar-refractivity contribution in [2.45, 2.75) is 6.92 Å². The molecule has 7 nitrogen and oxygen atoms in total. The molecule has 8 heteroatoms. The number of hydrogen-bond donors (Lipinski definition) is 2. The van der Waals surface area contributed by atoms with Crippen molar-refractivity contribution in [2.75, 3.05) is 25.4 Å². The Morgan fingerprint density at radius 3 is 2.62 bits per heavy atom. The van der Waals surface area contributed by atoms with E-state index in [2.05, 4.69) is 9.71 Å². The molecular weight excluding hydrogens is 294 g/mol. The summed E-state index contributed by atoms with van der Waals surface area (Å²) < 4.78 is 32.3. The molecule has 0 unspecified atom stereocenters. The van der Waals surface area contributed by atoms with Gasteiger partial charge >= 0.3 is 16.2 Å². The molecule has 0 saturated heterocycles. The number of ether oxygens (including phenoxy) is 1. The molecule has 2 rings (SSSR count). The van der Waals surface area contributed by atoms with Gasteiger partial charge in [-0.05, 0) is 13.0 Å². The summed E-state index contributed by atoms with van der Waals surface area (Å²) in [6.45, 7) is 1.90. The molecule has 0 bridgehead atoms. The lowest BCUT2D eigenvalue weighted by Gasteiger charge is -2.13. The first-order valence-electron chi connectivity index (χ1n) is 6.35. The average molecular weight is 311 g/mol. The van der Waals surface area contributed by atoms with Gasteiger partial charge in [-0.2, -0.15) is 12.7 Å². The van der Waals surface area contributed by atoms with Crippen molar-refractivity contribution in [3.05, 3.63) is 29.8 Å². The third-order valence-electron chi connectivity index (χ3n) is 2.90. The van der Waals surface area contributed by atoms with Crippen molar-refractivity contribution < 1.29 is 17.9 Å². The van der Waals surface area contributed by atoms with E-state index in [1.54, 1.807) is 31.2 Å². The molecule has 0 fully saturated rings. The Labute approximate surface area is 123 Å². The quantitative estimate of drug-likeness (QED) is 0.820. The van der Waals surface area contributed by atoms with E-state index in [9.17, 15) is 13.2 Å². The predicted octanol–water partition coefficient (Wildman–Crippen LogP) is 1.56. The second-order valence-electron chi connectivity index (χ2n) is 4.53. The number of para-hydroxylation sites is 1. The summed E-state index contributed by atoms with van der Waals surface area (Å²) in [5, 5.41) is 0.604. The summed E-state index contributed by atoms with van der Waals surface area (Å²) in [5.41, 5.74) is 0.829. The molecule has 0 saturated carbocycles. The number of rotatable bonds is 5. The Balaban J connectivity index is 2.57. The molecule has 114 valence electrons. The number of nitrogens with one attached hydrogen (secondary N) is 2. The summed E-state index contributed by atoms with van der Waals surface area (Å²) in [6, 6.07) is 7.04. The monoisotopic (exact) mass is 311 g/mol. The molecule has 21 heavy (non-hydrogen) atoms. The number of H-pyrrole nitrogens is 1. The third-order valence-corrected chi connectivity index (χ3v) is 4.32. The maximum atomic E-state index is 12.1. The van der Waals surface area contributed by atoms with Gasteiger partial charge in [0.25, 0.3) is 0 Å². The van der Waals surface area contributed by atoms with Crippen molar-refractivity contribution in [1.29, 1.82) is 0 Å². The minimum absolute atomic E-state index is 0.100. The van der Waals surface area contributed by atoms with Crippen molar-refractivity contribution in [1.82, 2.24) is 9.29 Å². The number of hydrogen-bond acceptors (Lipinski definition) is 4. The van der Waals surface area contributed by atoms with Crippen molar-refractivity contribution in [3.63, 3.8) is 0 Å². The maximum absolute atomic E-state index is 12.1. The highest BCUT2D eigenvalue weighted by molar-refractivity contribution is 7.90. The number of carbonyl (C=O) groups is 1. The summed E-state index contributed by atoms with van der Waals surface area (Å²) >= 11 is 0. The molecule has 0 aliphatic carbocycles. The van der Waals surface area contributed by atoms with Gasteiger partial charge in [0.05, 0.1) is 6.61 Å². The van der Waals surface area contributed by atoms with E-state index < -0.39 is 16.2 Å². The normalized spacial score (nSPS) is 11.8. The number of nitrogens with zero attached hydrogens (tertiary/aromatic N) is 1. The van der Waals surface area contributed by atoms with Crippen LogP contribution in [0.15, 0.2) is 24.3 Å². The smallest absolute Gasteiger partial charge is 0.342 e. The minimum atomic E-state index is -3.73. The second kappa shape index (κ2) is 5.74. The average Bonchev–Trinajstić information content (AvgIpc) is 2.75. The number of benzene rings is 1. The first kappa shape index (κ1) is 15.3. The van der Waals surface area contributed by atoms with E-state index in [1.807, 2.05) is 0 Å². The first-order valence-corrected chi connectivity index (χ1v) is 7.79. The van der Waals surface area contributed by atoms with E-state index in [-0.39, 0.29) is 18.0 Å². The van der Waals surface area contributed by atoms with Gasteiger partial charge in [-0.1, -0.05) is 18.2 Å². The SMILES string of the molecule is CCOC(=O)c1c(NS(=O)(=O)N(C)C)[nH]c2ccccc12. The Bertz CT molecular complexity index is 765. The Kier molecular flexibility index (Phi) is 4.19. The fourth-order valence-electron chi connectivity index (χ4n) is 1.85. The summed E-state index contributed by atoms with van der Waals surface area (Å²) in [6.07, 6.45) is 0. The zero-order valence-corrected chi connectivity index (χ0v) is 12.8. The van der Waals surface area contributed by atoms with Gasteiger partial charge in [-0.25, -0.2) is 4.79 Å². The van der Waals surface area contributed by atoms with Crippen LogP contribution in [0, 0.1) is 0 Å². The van der Waals surface area contributed by atoms with E-state index in [0.717, 1.165) is 4.31 Å². The van der Waals surface area contributed by atoms with E-state index in [0.29, 0.717) is 10.9 Å². The van der Waals surface area contributed by atoms with Crippen LogP contribution in [0.3, 0.4) is 0 Å². The van der Waals surface area contributed by atoms with Crippen LogP contribution in [0.5, 0.6) is 0 Å². The van der Waals surface area contributed by atoms with E-state index in [1.165, 1.54) is 14.1 Å². The van der Waals surface area contributed by atoms with Gasteiger partial charge in [-0.15, -0.1) is 0 Å². The number of esters is 1. The molecule has 2 aromatic rings. The largest absolute Gasteiger partial charge is 0.462 e. The number of anilines is 1. The number of carbonyl (C=O) groups excluding carboxylic acids is 1. The Morgan fingerprint density at radius 2 is 2.00 bits per heavy atom. The number of aromatic nitrogens is 1. The van der Waals surface area contributed by atoms with Crippen molar-refractivity contribution >= 4 is 32.9 Å². The molecular formula is C13H17N3O4S. The molecule has 2 N–H and O–H groups in total. The van der Waals surface area contributed by atoms with Crippen LogP contribution in [0.4, 0.5) is 5.82 Å². The molecule has 0 spiro atoms. The van der Waals surface area contributed by atoms with Crippen LogP contribution in [0.1, 0.15) is 17.3 Å². The van der Waals surface area contributed by atoms with Crippen LogP contribution in [-0.2, 0) is 14.9 Å². The highest BCUT2D eigenvalue weighted by atomic mass is 32.2. The van der Waals surface area contributed by atoms with Gasteiger partial charge in [0.15, 0.2) is 0 Å². The van der Waals surface area contributed by atoms with Crippen molar-refractivity contribution in [2.24, 2.45) is 0 Å². The predicted molar refractivity (Wildman–Crippen MR) is 80.5 cm³/mol. The molecule has 1 aromatic heterocycles. The van der Waals surface area contributed by atoms with Gasteiger partial charge < -0.3 is 9.72 Å². The van der Waals surface area contributed by atoms with Crippen LogP contribution in [-0.4, -0.2) is 44.4 Å². The summed E-state index contributed by atoms with van der Waals surface area (Å²) in [4.78, 5) is 15.0. The van der Waals surface area contributed by atoms with Gasteiger partial charge in [0.2, 0.25) is 0 Å². The fraction of sp³-hybridized carbons (Fsp3) is 0.308. The molecule has 0 aliphatic rings. The molecule has 0 amide bonds. The second-order valence-corrected chi connectivity index (χ2v) is 6.42. The third kappa shape index (κ3) is 3.01. The number of aromatic amines is 1. The van der Waals surface area contributed by atoms with Crippen LogP contribution < -0.4 is 4.72 Å². The first-order chi connectivity index (χ1) is 9.86. The zero-order chi connectivity index (χ0) is 15.6. The van der Waals surface area contributed by atoms with Gasteiger partial charge in [0, 0.05) is 25.0 Å². The Hall–Kier alpha value is -2.06. The lowest BCUT2D eigenvalue weighted by atomic mass is 10.1. The molecule has 0 radical (unpaired) electrons. The summed E-state index contributed by atoms with van der Waals surface area (Å²) in [7, 11) is -0.930.